The van der Waals surface area contributed by atoms with Crippen molar-refractivity contribution in [1.82, 2.24) is 4.98 Å². The number of aromatic nitrogens is 1. The molecule has 1 saturated heterocycles. The van der Waals surface area contributed by atoms with E-state index in [0.717, 1.165) is 22.7 Å². The van der Waals surface area contributed by atoms with Crippen LogP contribution >= 0.6 is 11.3 Å². The first-order valence-corrected chi connectivity index (χ1v) is 13.6. The summed E-state index contributed by atoms with van der Waals surface area (Å²) in [6, 6.07) is 10.3. The molecular formula is C30H30N2O8S. The number of aliphatic hydroxyl groups is 1. The van der Waals surface area contributed by atoms with E-state index in [1.54, 1.807) is 49.4 Å². The lowest BCUT2D eigenvalue weighted by molar-refractivity contribution is -0.132. The van der Waals surface area contributed by atoms with Crippen LogP contribution in [0.15, 0.2) is 60.7 Å². The summed E-state index contributed by atoms with van der Waals surface area (Å²) in [7, 11) is 2.93. The number of methoxy groups -OCH3 is 2. The third-order valence-corrected chi connectivity index (χ3v) is 7.42. The van der Waals surface area contributed by atoms with Crippen LogP contribution in [0.25, 0.3) is 5.76 Å². The molecule has 1 unspecified atom stereocenters. The molecule has 10 nitrogen and oxygen atoms in total. The lowest BCUT2D eigenvalue weighted by Gasteiger charge is -2.25. The van der Waals surface area contributed by atoms with Crippen molar-refractivity contribution in [2.45, 2.75) is 26.3 Å². The molecular weight excluding hydrogens is 548 g/mol. The monoisotopic (exact) mass is 578 g/mol. The second-order valence-corrected chi connectivity index (χ2v) is 9.93. The lowest BCUT2D eigenvalue weighted by atomic mass is 9.94. The minimum absolute atomic E-state index is 0.000691. The number of carbonyl (C=O) groups excluding carboxylic acids is 3. The van der Waals surface area contributed by atoms with E-state index < -0.39 is 23.7 Å². The molecule has 1 aliphatic rings. The Morgan fingerprint density at radius 3 is 2.46 bits per heavy atom. The fourth-order valence-electron chi connectivity index (χ4n) is 4.34. The number of benzene rings is 2. The Kier molecular flexibility index (Phi) is 9.08. The van der Waals surface area contributed by atoms with Gasteiger partial charge in [-0.1, -0.05) is 30.9 Å². The number of hydrogen-bond donors (Lipinski definition) is 1. The van der Waals surface area contributed by atoms with Crippen molar-refractivity contribution < 1.29 is 38.4 Å². The molecule has 0 aliphatic carbocycles. The maximum Gasteiger partial charge on any atom is 0.350 e. The quantitative estimate of drug-likeness (QED) is 0.107. The van der Waals surface area contributed by atoms with Crippen LogP contribution < -0.4 is 19.1 Å². The number of ether oxygens (including phenoxy) is 4. The highest BCUT2D eigenvalue weighted by molar-refractivity contribution is 7.17. The van der Waals surface area contributed by atoms with Gasteiger partial charge in [-0.2, -0.15) is 0 Å². The van der Waals surface area contributed by atoms with Gasteiger partial charge >= 0.3 is 11.9 Å². The smallest absolute Gasteiger partial charge is 0.350 e. The minimum Gasteiger partial charge on any atom is -0.507 e. The molecule has 1 amide bonds. The Morgan fingerprint density at radius 1 is 1.12 bits per heavy atom. The van der Waals surface area contributed by atoms with Crippen LogP contribution in [0.5, 0.6) is 17.2 Å². The zero-order valence-corrected chi connectivity index (χ0v) is 23.9. The molecule has 0 saturated carbocycles. The molecule has 3 aromatic rings. The van der Waals surface area contributed by atoms with Crippen molar-refractivity contribution in [3.8, 4) is 17.2 Å². The molecule has 0 bridgehead atoms. The molecule has 1 atom stereocenters. The van der Waals surface area contributed by atoms with E-state index in [1.807, 2.05) is 6.92 Å². The minimum atomic E-state index is -1.15. The maximum atomic E-state index is 13.6. The number of esters is 1. The Labute approximate surface area is 241 Å². The summed E-state index contributed by atoms with van der Waals surface area (Å²) in [4.78, 5) is 45.6. The Balaban J connectivity index is 1.91. The van der Waals surface area contributed by atoms with E-state index in [-0.39, 0.29) is 27.9 Å². The summed E-state index contributed by atoms with van der Waals surface area (Å²) in [5.74, 6) is -1.49. The van der Waals surface area contributed by atoms with Gasteiger partial charge in [0.1, 0.15) is 40.5 Å². The molecule has 1 fully saturated rings. The molecule has 2 heterocycles. The molecule has 1 aromatic heterocycles. The largest absolute Gasteiger partial charge is 0.507 e. The van der Waals surface area contributed by atoms with Crippen molar-refractivity contribution >= 4 is 39.9 Å². The van der Waals surface area contributed by atoms with Crippen LogP contribution in [0.4, 0.5) is 5.13 Å². The molecule has 41 heavy (non-hydrogen) atoms. The average molecular weight is 579 g/mol. The number of rotatable bonds is 11. The van der Waals surface area contributed by atoms with Crippen LogP contribution in [0, 0.1) is 6.92 Å². The maximum absolute atomic E-state index is 13.6. The summed E-state index contributed by atoms with van der Waals surface area (Å²) >= 11 is 0.902. The summed E-state index contributed by atoms with van der Waals surface area (Å²) < 4.78 is 21.8. The van der Waals surface area contributed by atoms with E-state index >= 15 is 0 Å². The number of Topliss-reactive ketones (excluding diaryl/α,β-unsaturated/α-hetero) is 1. The van der Waals surface area contributed by atoms with E-state index in [9.17, 15) is 19.5 Å². The van der Waals surface area contributed by atoms with Crippen molar-refractivity contribution in [2.75, 3.05) is 32.3 Å². The molecule has 1 aliphatic heterocycles. The number of carbonyl (C=O) groups is 3. The van der Waals surface area contributed by atoms with Gasteiger partial charge in [-0.05, 0) is 55.8 Å². The molecule has 4 rings (SSSR count). The number of aliphatic hydroxyl groups excluding tert-OH is 1. The molecule has 11 heteroatoms. The van der Waals surface area contributed by atoms with E-state index in [4.69, 9.17) is 18.9 Å². The Morgan fingerprint density at radius 2 is 1.83 bits per heavy atom. The molecule has 0 radical (unpaired) electrons. The number of thiazole rings is 1. The summed E-state index contributed by atoms with van der Waals surface area (Å²) in [5, 5.41) is 11.5. The van der Waals surface area contributed by atoms with Crippen LogP contribution in [-0.2, 0) is 14.3 Å². The van der Waals surface area contributed by atoms with Crippen LogP contribution in [0.1, 0.15) is 45.9 Å². The van der Waals surface area contributed by atoms with Gasteiger partial charge < -0.3 is 24.1 Å². The van der Waals surface area contributed by atoms with Crippen molar-refractivity contribution in [3.63, 3.8) is 0 Å². The van der Waals surface area contributed by atoms with Gasteiger partial charge in [0.05, 0.1) is 32.1 Å². The SMILES string of the molecule is C=CCOC(=O)c1sc(N2C(=O)C(=O)/C(=C(/O)c3ccc(OCCC)cc3)C2c2cc(OC)ccc2OC)nc1C. The van der Waals surface area contributed by atoms with Gasteiger partial charge in [0.15, 0.2) is 5.13 Å². The van der Waals surface area contributed by atoms with Crippen molar-refractivity contribution in [1.29, 1.82) is 0 Å². The number of amides is 1. The first-order valence-electron chi connectivity index (χ1n) is 12.8. The normalized spacial score (nSPS) is 16.0. The highest BCUT2D eigenvalue weighted by Crippen LogP contribution is 2.47. The number of ketones is 1. The van der Waals surface area contributed by atoms with Crippen LogP contribution in [0.2, 0.25) is 0 Å². The fourth-order valence-corrected chi connectivity index (χ4v) is 5.32. The standard InChI is InChI=1S/C30H30N2O8S/c1-6-14-39-19-10-8-18(9-11-19)25(33)23-24(21-16-20(37-4)12-13-22(21)38-5)32(28(35)26(23)34)30-31-17(3)27(41-30)29(36)40-15-7-2/h7-13,16,24,33H,2,6,14-15H2,1,3-5H3/b25-23+. The number of aryl methyl sites for hydroxylation is 1. The second-order valence-electron chi connectivity index (χ2n) is 8.95. The van der Waals surface area contributed by atoms with Crippen LogP contribution in [-0.4, -0.2) is 55.2 Å². The topological polar surface area (TPSA) is 124 Å². The predicted molar refractivity (Wildman–Crippen MR) is 154 cm³/mol. The van der Waals surface area contributed by atoms with E-state index in [1.165, 1.54) is 20.3 Å². The number of hydrogen-bond acceptors (Lipinski definition) is 10. The molecule has 0 spiro atoms. The number of anilines is 1. The lowest BCUT2D eigenvalue weighted by Crippen LogP contribution is -2.29. The van der Waals surface area contributed by atoms with E-state index in [2.05, 4.69) is 11.6 Å². The number of nitrogens with zero attached hydrogens (tertiary/aromatic N) is 2. The summed E-state index contributed by atoms with van der Waals surface area (Å²) in [6.07, 6.45) is 2.27. The molecule has 2 aromatic carbocycles. The van der Waals surface area contributed by atoms with Crippen molar-refractivity contribution in [3.05, 3.63) is 82.4 Å². The Bertz CT molecular complexity index is 1510. The van der Waals surface area contributed by atoms with Crippen molar-refractivity contribution in [2.24, 2.45) is 0 Å². The zero-order valence-electron chi connectivity index (χ0n) is 23.1. The fraction of sp³-hybridized carbons (Fsp3) is 0.267. The molecule has 214 valence electrons. The van der Waals surface area contributed by atoms with Gasteiger partial charge in [-0.3, -0.25) is 14.5 Å². The van der Waals surface area contributed by atoms with Gasteiger partial charge in [0.25, 0.3) is 5.78 Å². The zero-order chi connectivity index (χ0) is 29.7. The second kappa shape index (κ2) is 12.7. The first kappa shape index (κ1) is 29.3. The third kappa shape index (κ3) is 5.80. The predicted octanol–water partition coefficient (Wildman–Crippen LogP) is 5.23. The van der Waals surface area contributed by atoms with Gasteiger partial charge in [-0.25, -0.2) is 9.78 Å². The van der Waals surface area contributed by atoms with Crippen LogP contribution in [0.3, 0.4) is 0 Å². The van der Waals surface area contributed by atoms with E-state index in [0.29, 0.717) is 40.7 Å². The highest BCUT2D eigenvalue weighted by atomic mass is 32.1. The summed E-state index contributed by atoms with van der Waals surface area (Å²) in [5.41, 5.74) is 0.828. The van der Waals surface area contributed by atoms with Gasteiger partial charge in [0, 0.05) is 11.1 Å². The first-order chi connectivity index (χ1) is 19.7. The highest BCUT2D eigenvalue weighted by Gasteiger charge is 2.49. The third-order valence-electron chi connectivity index (χ3n) is 6.29. The Hall–Kier alpha value is -4.64. The van der Waals surface area contributed by atoms with Gasteiger partial charge in [0.2, 0.25) is 0 Å². The van der Waals surface area contributed by atoms with Gasteiger partial charge in [-0.15, -0.1) is 0 Å². The molecule has 1 N–H and O–H groups in total. The summed E-state index contributed by atoms with van der Waals surface area (Å²) in [6.45, 7) is 7.66. The average Bonchev–Trinajstić information content (AvgIpc) is 3.50.